The van der Waals surface area contributed by atoms with E-state index >= 15 is 0 Å². The SMILES string of the molecule is CCOc1ccccc1CNC(=O)CN1C(=O)CSc2c1c(C)nn2-c1ccccc1. The van der Waals surface area contributed by atoms with Crippen molar-refractivity contribution in [2.75, 3.05) is 23.8 Å². The quantitative estimate of drug-likeness (QED) is 0.615. The van der Waals surface area contributed by atoms with Crippen LogP contribution in [0.2, 0.25) is 0 Å². The van der Waals surface area contributed by atoms with Gasteiger partial charge < -0.3 is 10.1 Å². The number of nitrogens with one attached hydrogen (secondary N) is 1. The molecule has 2 heterocycles. The van der Waals surface area contributed by atoms with Gasteiger partial charge in [-0.2, -0.15) is 5.10 Å². The van der Waals surface area contributed by atoms with Gasteiger partial charge in [0.2, 0.25) is 11.8 Å². The molecule has 0 unspecified atom stereocenters. The largest absolute Gasteiger partial charge is 0.494 e. The Bertz CT molecular complexity index is 1100. The van der Waals surface area contributed by atoms with Crippen molar-refractivity contribution in [1.29, 1.82) is 0 Å². The normalized spacial score (nSPS) is 13.1. The predicted molar refractivity (Wildman–Crippen MR) is 121 cm³/mol. The number of carbonyl (C=O) groups is 2. The molecule has 2 aromatic carbocycles. The number of hydrogen-bond acceptors (Lipinski definition) is 5. The lowest BCUT2D eigenvalue weighted by molar-refractivity contribution is -0.123. The van der Waals surface area contributed by atoms with Crippen LogP contribution in [-0.2, 0) is 16.1 Å². The van der Waals surface area contributed by atoms with Crippen molar-refractivity contribution < 1.29 is 14.3 Å². The summed E-state index contributed by atoms with van der Waals surface area (Å²) in [4.78, 5) is 26.9. The smallest absolute Gasteiger partial charge is 0.240 e. The van der Waals surface area contributed by atoms with Gasteiger partial charge in [0.05, 0.1) is 29.4 Å². The lowest BCUT2D eigenvalue weighted by Gasteiger charge is -2.27. The van der Waals surface area contributed by atoms with E-state index in [0.29, 0.717) is 24.5 Å². The Morgan fingerprint density at radius 3 is 2.68 bits per heavy atom. The van der Waals surface area contributed by atoms with Gasteiger partial charge in [-0.25, -0.2) is 4.68 Å². The minimum absolute atomic E-state index is 0.0511. The lowest BCUT2D eigenvalue weighted by Crippen LogP contribution is -2.43. The van der Waals surface area contributed by atoms with E-state index in [1.54, 1.807) is 0 Å². The molecule has 0 bridgehead atoms. The molecule has 4 rings (SSSR count). The Balaban J connectivity index is 1.52. The summed E-state index contributed by atoms with van der Waals surface area (Å²) in [5.41, 5.74) is 3.24. The van der Waals surface area contributed by atoms with Crippen LogP contribution in [0.15, 0.2) is 59.6 Å². The summed E-state index contributed by atoms with van der Waals surface area (Å²) in [5, 5.41) is 8.41. The Labute approximate surface area is 185 Å². The van der Waals surface area contributed by atoms with E-state index in [0.717, 1.165) is 22.0 Å². The van der Waals surface area contributed by atoms with Gasteiger partial charge in [-0.05, 0) is 32.0 Å². The first-order chi connectivity index (χ1) is 15.1. The maximum Gasteiger partial charge on any atom is 0.240 e. The molecule has 0 spiro atoms. The van der Waals surface area contributed by atoms with Crippen LogP contribution >= 0.6 is 11.8 Å². The summed E-state index contributed by atoms with van der Waals surface area (Å²) < 4.78 is 7.45. The highest BCUT2D eigenvalue weighted by molar-refractivity contribution is 8.00. The molecule has 3 aromatic rings. The zero-order chi connectivity index (χ0) is 21.8. The molecule has 31 heavy (non-hydrogen) atoms. The highest BCUT2D eigenvalue weighted by Crippen LogP contribution is 2.39. The number of aryl methyl sites for hydroxylation is 1. The first-order valence-corrected chi connectivity index (χ1v) is 11.1. The van der Waals surface area contributed by atoms with E-state index in [4.69, 9.17) is 4.74 Å². The van der Waals surface area contributed by atoms with Gasteiger partial charge in [0.25, 0.3) is 0 Å². The van der Waals surface area contributed by atoms with E-state index in [1.807, 2.05) is 73.1 Å². The number of aromatic nitrogens is 2. The predicted octanol–water partition coefficient (Wildman–Crippen LogP) is 3.33. The van der Waals surface area contributed by atoms with E-state index in [-0.39, 0.29) is 24.1 Å². The van der Waals surface area contributed by atoms with Crippen molar-refractivity contribution >= 4 is 29.3 Å². The zero-order valence-corrected chi connectivity index (χ0v) is 18.3. The third-order valence-electron chi connectivity index (χ3n) is 4.94. The molecule has 0 radical (unpaired) electrons. The molecule has 0 saturated carbocycles. The minimum atomic E-state index is -0.232. The molecule has 0 fully saturated rings. The number of carbonyl (C=O) groups excluding carboxylic acids is 2. The fourth-order valence-electron chi connectivity index (χ4n) is 3.52. The molecule has 0 aliphatic carbocycles. The Hall–Kier alpha value is -3.26. The number of fused-ring (bicyclic) bond motifs is 1. The average molecular weight is 437 g/mol. The number of amides is 2. The van der Waals surface area contributed by atoms with Crippen LogP contribution in [-0.4, -0.2) is 40.5 Å². The Morgan fingerprint density at radius 1 is 1.16 bits per heavy atom. The number of rotatable bonds is 7. The van der Waals surface area contributed by atoms with Crippen LogP contribution in [0.3, 0.4) is 0 Å². The van der Waals surface area contributed by atoms with E-state index in [2.05, 4.69) is 10.4 Å². The van der Waals surface area contributed by atoms with Gasteiger partial charge in [0.15, 0.2) is 0 Å². The molecular formula is C23H24N4O3S. The fourth-order valence-corrected chi connectivity index (χ4v) is 4.60. The monoisotopic (exact) mass is 436 g/mol. The van der Waals surface area contributed by atoms with Gasteiger partial charge in [-0.1, -0.05) is 48.2 Å². The molecule has 1 N–H and O–H groups in total. The average Bonchev–Trinajstić information content (AvgIpc) is 3.12. The van der Waals surface area contributed by atoms with Gasteiger partial charge in [0, 0.05) is 12.1 Å². The summed E-state index contributed by atoms with van der Waals surface area (Å²) >= 11 is 1.45. The van der Waals surface area contributed by atoms with Crippen LogP contribution in [0.5, 0.6) is 5.75 Å². The first kappa shape index (κ1) is 21.0. The highest BCUT2D eigenvalue weighted by Gasteiger charge is 2.32. The Kier molecular flexibility index (Phi) is 6.27. The van der Waals surface area contributed by atoms with Gasteiger partial charge in [-0.15, -0.1) is 0 Å². The first-order valence-electron chi connectivity index (χ1n) is 10.1. The number of benzene rings is 2. The summed E-state index contributed by atoms with van der Waals surface area (Å²) in [6.07, 6.45) is 0. The van der Waals surface area contributed by atoms with Crippen molar-refractivity contribution in [3.05, 3.63) is 65.9 Å². The third-order valence-corrected chi connectivity index (χ3v) is 5.97. The number of hydrogen-bond donors (Lipinski definition) is 1. The number of para-hydroxylation sites is 2. The topological polar surface area (TPSA) is 76.5 Å². The molecule has 1 aromatic heterocycles. The molecule has 160 valence electrons. The maximum atomic E-state index is 12.7. The van der Waals surface area contributed by atoms with Crippen molar-refractivity contribution in [2.45, 2.75) is 25.4 Å². The van der Waals surface area contributed by atoms with Crippen molar-refractivity contribution in [3.8, 4) is 11.4 Å². The van der Waals surface area contributed by atoms with Crippen LogP contribution in [0.25, 0.3) is 5.69 Å². The molecule has 1 aliphatic heterocycles. The lowest BCUT2D eigenvalue weighted by atomic mass is 10.2. The van der Waals surface area contributed by atoms with Crippen LogP contribution in [0.4, 0.5) is 5.69 Å². The Morgan fingerprint density at radius 2 is 1.90 bits per heavy atom. The third kappa shape index (κ3) is 4.44. The summed E-state index contributed by atoms with van der Waals surface area (Å²) in [6.45, 7) is 4.62. The van der Waals surface area contributed by atoms with E-state index < -0.39 is 0 Å². The second-order valence-corrected chi connectivity index (χ2v) is 8.04. The minimum Gasteiger partial charge on any atom is -0.494 e. The summed E-state index contributed by atoms with van der Waals surface area (Å²) in [5.74, 6) is 0.686. The summed E-state index contributed by atoms with van der Waals surface area (Å²) in [6, 6.07) is 17.4. The number of nitrogens with zero attached hydrogens (tertiary/aromatic N) is 3. The standard InChI is InChI=1S/C23H24N4O3S/c1-3-30-19-12-8-7-9-17(19)13-24-20(28)14-26-21(29)15-31-23-22(26)16(2)25-27(23)18-10-5-4-6-11-18/h4-12H,3,13-15H2,1-2H3,(H,24,28). The molecule has 1 aliphatic rings. The second kappa shape index (κ2) is 9.26. The maximum absolute atomic E-state index is 12.7. The molecular weight excluding hydrogens is 412 g/mol. The fraction of sp³-hybridized carbons (Fsp3) is 0.261. The molecule has 0 atom stereocenters. The summed E-state index contributed by atoms with van der Waals surface area (Å²) in [7, 11) is 0. The number of ether oxygens (including phenoxy) is 1. The van der Waals surface area contributed by atoms with Crippen molar-refractivity contribution in [3.63, 3.8) is 0 Å². The van der Waals surface area contributed by atoms with Crippen molar-refractivity contribution in [2.24, 2.45) is 0 Å². The second-order valence-electron chi connectivity index (χ2n) is 7.07. The highest BCUT2D eigenvalue weighted by atomic mass is 32.2. The molecule has 2 amide bonds. The number of anilines is 1. The molecule has 7 nitrogen and oxygen atoms in total. The van der Waals surface area contributed by atoms with Crippen molar-refractivity contribution in [1.82, 2.24) is 15.1 Å². The van der Waals surface area contributed by atoms with Gasteiger partial charge in [-0.3, -0.25) is 14.5 Å². The van der Waals surface area contributed by atoms with E-state index in [9.17, 15) is 9.59 Å². The number of thioether (sulfide) groups is 1. The zero-order valence-electron chi connectivity index (χ0n) is 17.5. The van der Waals surface area contributed by atoms with E-state index in [1.165, 1.54) is 16.7 Å². The molecule has 0 saturated heterocycles. The van der Waals surface area contributed by atoms with Crippen LogP contribution in [0.1, 0.15) is 18.2 Å². The van der Waals surface area contributed by atoms with Crippen LogP contribution in [0, 0.1) is 6.92 Å². The van der Waals surface area contributed by atoms with Gasteiger partial charge in [0.1, 0.15) is 17.3 Å². The van der Waals surface area contributed by atoms with Gasteiger partial charge >= 0.3 is 0 Å². The molecule has 8 heteroatoms. The van der Waals surface area contributed by atoms with Crippen LogP contribution < -0.4 is 15.0 Å².